The van der Waals surface area contributed by atoms with E-state index in [-0.39, 0.29) is 12.0 Å². The van der Waals surface area contributed by atoms with Crippen LogP contribution in [0.3, 0.4) is 0 Å². The molecular formula is C81H58N2. The van der Waals surface area contributed by atoms with Gasteiger partial charge in [-0.05, 0) is 181 Å². The van der Waals surface area contributed by atoms with E-state index in [1.54, 1.807) is 6.08 Å². The number of anilines is 4. The highest BCUT2D eigenvalue weighted by molar-refractivity contribution is 6.31. The third-order valence-corrected chi connectivity index (χ3v) is 17.1. The van der Waals surface area contributed by atoms with Gasteiger partial charge < -0.3 is 10.2 Å². The number of allylic oxidation sites excluding steroid dienone is 3. The number of hydrogen-bond donors (Lipinski definition) is 1. The molecule has 2 heteroatoms. The smallest absolute Gasteiger partial charge is 0.0557 e. The van der Waals surface area contributed by atoms with Gasteiger partial charge >= 0.3 is 0 Å². The summed E-state index contributed by atoms with van der Waals surface area (Å²) in [5.74, 6) is -0.0266. The second kappa shape index (κ2) is 20.8. The Morgan fingerprint density at radius 2 is 0.795 bits per heavy atom. The van der Waals surface area contributed by atoms with Crippen LogP contribution in [-0.2, 0) is 0 Å². The van der Waals surface area contributed by atoms with E-state index in [9.17, 15) is 0 Å². The molecule has 15 aromatic rings. The lowest BCUT2D eigenvalue weighted by Crippen LogP contribution is -2.37. The van der Waals surface area contributed by atoms with Gasteiger partial charge in [0.2, 0.25) is 0 Å². The lowest BCUT2D eigenvalue weighted by molar-refractivity contribution is 0.822. The highest BCUT2D eigenvalue weighted by Gasteiger charge is 2.29. The predicted molar refractivity (Wildman–Crippen MR) is 359 cm³/mol. The van der Waals surface area contributed by atoms with Crippen molar-refractivity contribution in [1.82, 2.24) is 0 Å². The molecule has 0 aromatic heterocycles. The molecule has 83 heavy (non-hydrogen) atoms. The van der Waals surface area contributed by atoms with Gasteiger partial charge in [0.15, 0.2) is 0 Å². The van der Waals surface area contributed by atoms with Crippen LogP contribution in [0.4, 0.5) is 22.7 Å². The quantitative estimate of drug-likeness (QED) is 0.114. The van der Waals surface area contributed by atoms with Crippen molar-refractivity contribution >= 4 is 121 Å². The summed E-state index contributed by atoms with van der Waals surface area (Å²) in [6.07, 6.45) is 10.6. The van der Waals surface area contributed by atoms with Crippen molar-refractivity contribution in [2.75, 3.05) is 10.2 Å². The fraction of sp³-hybridized carbons (Fsp3) is 0.0370. The first-order chi connectivity index (χ1) is 41.0. The zero-order valence-corrected chi connectivity index (χ0v) is 46.2. The van der Waals surface area contributed by atoms with Crippen molar-refractivity contribution in [3.8, 4) is 22.3 Å². The van der Waals surface area contributed by atoms with Crippen molar-refractivity contribution in [3.05, 3.63) is 314 Å². The maximum absolute atomic E-state index is 4.11. The molecule has 15 aromatic carbocycles. The minimum atomic E-state index is -0.0518. The first-order valence-electron chi connectivity index (χ1n) is 28.9. The summed E-state index contributed by atoms with van der Waals surface area (Å²) in [6, 6.07) is 102. The first-order valence-corrected chi connectivity index (χ1v) is 28.9. The van der Waals surface area contributed by atoms with Gasteiger partial charge in [-0.2, -0.15) is 0 Å². The SMILES string of the molecule is C1=c2ccccc2=CC(c2cc(-c3ccc4ccccc4c3)c3ccc4c(N(c5ccc6ccccc6c5)c5ccc6ccccc6c5)cc(-c5ccc6ccccc6c5)c5ccc2c3c54)C1Nc1ccc2ccccc2c1.C=C/C=C\C. The summed E-state index contributed by atoms with van der Waals surface area (Å²) < 4.78 is 0. The number of hydrogen-bond acceptors (Lipinski definition) is 2. The van der Waals surface area contributed by atoms with Crippen LogP contribution in [0.1, 0.15) is 18.4 Å². The highest BCUT2D eigenvalue weighted by Crippen LogP contribution is 2.51. The molecule has 0 aliphatic heterocycles. The molecule has 1 aliphatic rings. The van der Waals surface area contributed by atoms with Crippen molar-refractivity contribution in [1.29, 1.82) is 0 Å². The molecule has 0 radical (unpaired) electrons. The molecule has 1 N–H and O–H groups in total. The summed E-state index contributed by atoms with van der Waals surface area (Å²) >= 11 is 0. The van der Waals surface area contributed by atoms with Gasteiger partial charge in [0.25, 0.3) is 0 Å². The van der Waals surface area contributed by atoms with E-state index in [4.69, 9.17) is 0 Å². The third kappa shape index (κ3) is 8.93. The molecule has 0 saturated heterocycles. The number of nitrogens with zero attached hydrogens (tertiary/aromatic N) is 1. The van der Waals surface area contributed by atoms with E-state index in [1.165, 1.54) is 124 Å². The summed E-state index contributed by atoms with van der Waals surface area (Å²) in [5, 5.41) is 26.3. The van der Waals surface area contributed by atoms with E-state index in [0.717, 1.165) is 22.7 Å². The maximum Gasteiger partial charge on any atom is 0.0557 e. The molecule has 0 heterocycles. The van der Waals surface area contributed by atoms with Crippen molar-refractivity contribution in [2.45, 2.75) is 18.9 Å². The van der Waals surface area contributed by atoms with Crippen LogP contribution < -0.4 is 20.7 Å². The van der Waals surface area contributed by atoms with Gasteiger partial charge in [-0.15, -0.1) is 0 Å². The van der Waals surface area contributed by atoms with Crippen LogP contribution in [0.2, 0.25) is 0 Å². The average molecular weight is 1060 g/mol. The Balaban J connectivity index is 0.00000113. The fourth-order valence-electron chi connectivity index (χ4n) is 13.1. The van der Waals surface area contributed by atoms with Gasteiger partial charge in [0.1, 0.15) is 0 Å². The molecule has 2 nitrogen and oxygen atoms in total. The molecule has 0 fully saturated rings. The first kappa shape index (κ1) is 49.5. The molecule has 0 bridgehead atoms. The Bertz CT molecular complexity index is 5120. The molecule has 2 unspecified atom stereocenters. The predicted octanol–water partition coefficient (Wildman–Crippen LogP) is 20.7. The average Bonchev–Trinajstić information content (AvgIpc) is 3.06. The molecule has 0 amide bonds. The summed E-state index contributed by atoms with van der Waals surface area (Å²) in [4.78, 5) is 2.52. The molecule has 0 saturated carbocycles. The van der Waals surface area contributed by atoms with Crippen molar-refractivity contribution in [2.24, 2.45) is 0 Å². The van der Waals surface area contributed by atoms with E-state index >= 15 is 0 Å². The van der Waals surface area contributed by atoms with E-state index in [1.807, 2.05) is 19.1 Å². The van der Waals surface area contributed by atoms with Gasteiger partial charge in [-0.1, -0.05) is 249 Å². The van der Waals surface area contributed by atoms with E-state index in [0.29, 0.717) is 0 Å². The van der Waals surface area contributed by atoms with Crippen LogP contribution in [-0.4, -0.2) is 6.04 Å². The van der Waals surface area contributed by atoms with Crippen molar-refractivity contribution < 1.29 is 0 Å². The second-order valence-electron chi connectivity index (χ2n) is 22.0. The van der Waals surface area contributed by atoms with E-state index < -0.39 is 0 Å². The molecule has 1 aliphatic carbocycles. The summed E-state index contributed by atoms with van der Waals surface area (Å²) in [7, 11) is 0. The summed E-state index contributed by atoms with van der Waals surface area (Å²) in [5.41, 5.74) is 10.6. The Morgan fingerprint density at radius 3 is 1.31 bits per heavy atom. The number of fused-ring (bicyclic) bond motifs is 6. The highest BCUT2D eigenvalue weighted by atomic mass is 15.1. The topological polar surface area (TPSA) is 15.3 Å². The van der Waals surface area contributed by atoms with Gasteiger partial charge in [0, 0.05) is 33.8 Å². The largest absolute Gasteiger partial charge is 0.378 e. The second-order valence-corrected chi connectivity index (χ2v) is 22.0. The van der Waals surface area contributed by atoms with Crippen LogP contribution in [0.25, 0.3) is 121 Å². The molecule has 2 atom stereocenters. The van der Waals surface area contributed by atoms with Crippen LogP contribution >= 0.6 is 0 Å². The molecule has 392 valence electrons. The number of nitrogens with one attached hydrogen (secondary N) is 1. The standard InChI is InChI=1S/C76H50N2.C5H8/c1-6-18-53-39-60(27-25-48(53)13-1)69-46-71(72-44-58-23-11-12-24-59(58)45-73(72)77-62-32-29-50-15-3-8-20-55(50)41-62)67-36-35-66-70(61-28-26-49-14-2-7-19-54(49)40-61)47-74(68-38-37-65(69)75(67)76(66)68)78(63-33-30-51-16-4-9-21-56(51)42-63)64-34-31-52-17-5-10-22-57(52)43-64;1-3-5-4-2/h1-47,72-73,77H;3-5H,1H2,2H3/b;5-4-. The van der Waals surface area contributed by atoms with Gasteiger partial charge in [-0.25, -0.2) is 0 Å². The Labute approximate surface area is 483 Å². The zero-order chi connectivity index (χ0) is 55.4. The number of benzene rings is 15. The molecule has 16 rings (SSSR count). The van der Waals surface area contributed by atoms with Crippen LogP contribution in [0.5, 0.6) is 0 Å². The minimum Gasteiger partial charge on any atom is -0.378 e. The zero-order valence-electron chi connectivity index (χ0n) is 46.2. The minimum absolute atomic E-state index is 0.0266. The van der Waals surface area contributed by atoms with Crippen LogP contribution in [0.15, 0.2) is 298 Å². The third-order valence-electron chi connectivity index (χ3n) is 17.1. The number of rotatable bonds is 9. The van der Waals surface area contributed by atoms with Crippen LogP contribution in [0, 0.1) is 0 Å². The fourth-order valence-corrected chi connectivity index (χ4v) is 13.1. The van der Waals surface area contributed by atoms with Gasteiger partial charge in [-0.3, -0.25) is 0 Å². The lowest BCUT2D eigenvalue weighted by Gasteiger charge is -2.31. The molecular weight excluding hydrogens is 1000 g/mol. The van der Waals surface area contributed by atoms with Crippen molar-refractivity contribution in [3.63, 3.8) is 0 Å². The van der Waals surface area contributed by atoms with Gasteiger partial charge in [0.05, 0.1) is 11.7 Å². The maximum atomic E-state index is 4.11. The Morgan fingerprint density at radius 1 is 0.373 bits per heavy atom. The Hall–Kier alpha value is -10.5. The molecule has 0 spiro atoms. The lowest BCUT2D eigenvalue weighted by atomic mass is 9.78. The normalized spacial score (nSPS) is 14.0. The Kier molecular flexibility index (Phi) is 12.4. The van der Waals surface area contributed by atoms with E-state index in [2.05, 4.69) is 302 Å². The monoisotopic (exact) mass is 1060 g/mol. The summed E-state index contributed by atoms with van der Waals surface area (Å²) in [6.45, 7) is 5.42.